The van der Waals surface area contributed by atoms with Crippen LogP contribution in [0.25, 0.3) is 0 Å². The summed E-state index contributed by atoms with van der Waals surface area (Å²) >= 11 is 5.91. The maximum absolute atomic E-state index is 11.6. The highest BCUT2D eigenvalue weighted by Crippen LogP contribution is 2.28. The number of nitrogens with one attached hydrogen (secondary N) is 2. The van der Waals surface area contributed by atoms with Crippen LogP contribution in [0.5, 0.6) is 5.75 Å². The Morgan fingerprint density at radius 1 is 1.14 bits per heavy atom. The minimum atomic E-state index is -0.422. The molecule has 0 radical (unpaired) electrons. The maximum atomic E-state index is 11.6. The van der Waals surface area contributed by atoms with Crippen LogP contribution in [-0.4, -0.2) is 18.4 Å². The number of hydrogen-bond acceptors (Lipinski definition) is 3. The van der Waals surface area contributed by atoms with Gasteiger partial charge >= 0.3 is 0 Å². The average molecular weight is 325 g/mol. The molecule has 1 aromatic rings. The second kappa shape index (κ2) is 8.63. The number of ether oxygens (including phenoxy) is 1. The van der Waals surface area contributed by atoms with E-state index < -0.39 is 5.91 Å². The molecule has 5 nitrogen and oxygen atoms in total. The van der Waals surface area contributed by atoms with Crippen LogP contribution < -0.4 is 15.6 Å². The van der Waals surface area contributed by atoms with Gasteiger partial charge in [-0.05, 0) is 24.5 Å². The summed E-state index contributed by atoms with van der Waals surface area (Å²) in [5.74, 6) is 0.504. The van der Waals surface area contributed by atoms with Crippen molar-refractivity contribution in [2.24, 2.45) is 5.92 Å². The molecule has 0 aromatic heterocycles. The van der Waals surface area contributed by atoms with E-state index in [0.29, 0.717) is 23.1 Å². The fourth-order valence-corrected chi connectivity index (χ4v) is 2.77. The van der Waals surface area contributed by atoms with Gasteiger partial charge in [-0.15, -0.1) is 0 Å². The summed E-state index contributed by atoms with van der Waals surface area (Å²) in [4.78, 5) is 23.2. The molecule has 2 N–H and O–H groups in total. The third-order valence-corrected chi connectivity index (χ3v) is 4.10. The Hall–Kier alpha value is -1.75. The molecule has 1 aliphatic carbocycles. The Morgan fingerprint density at radius 3 is 2.55 bits per heavy atom. The topological polar surface area (TPSA) is 67.4 Å². The summed E-state index contributed by atoms with van der Waals surface area (Å²) in [6.07, 6.45) is 6.29. The number of hydrogen-bond donors (Lipinski definition) is 2. The van der Waals surface area contributed by atoms with E-state index in [9.17, 15) is 9.59 Å². The first-order valence-corrected chi connectivity index (χ1v) is 7.98. The third-order valence-electron chi connectivity index (χ3n) is 3.79. The molecule has 22 heavy (non-hydrogen) atoms. The van der Waals surface area contributed by atoms with E-state index in [-0.39, 0.29) is 12.5 Å². The van der Waals surface area contributed by atoms with Crippen molar-refractivity contribution in [2.75, 3.05) is 6.61 Å². The van der Waals surface area contributed by atoms with Gasteiger partial charge in [0.05, 0.1) is 5.02 Å². The highest BCUT2D eigenvalue weighted by atomic mass is 35.5. The van der Waals surface area contributed by atoms with E-state index >= 15 is 0 Å². The second-order valence-electron chi connectivity index (χ2n) is 5.50. The molecule has 120 valence electrons. The van der Waals surface area contributed by atoms with E-state index in [4.69, 9.17) is 16.3 Å². The standard InChI is InChI=1S/C16H21ClN2O3/c17-13-7-3-4-8-14(13)22-11-16(21)19-18-15(20)10-9-12-5-1-2-6-12/h3-4,7-8,12H,1-2,5-6,9-11H2,(H,18,20)(H,19,21). The average Bonchev–Trinajstić information content (AvgIpc) is 3.03. The number of carbonyl (C=O) groups is 2. The van der Waals surface area contributed by atoms with Crippen molar-refractivity contribution in [3.05, 3.63) is 29.3 Å². The lowest BCUT2D eigenvalue weighted by molar-refractivity contribution is -0.130. The Balaban J connectivity index is 1.60. The van der Waals surface area contributed by atoms with Gasteiger partial charge in [-0.3, -0.25) is 20.4 Å². The van der Waals surface area contributed by atoms with Gasteiger partial charge in [0.25, 0.3) is 5.91 Å². The van der Waals surface area contributed by atoms with E-state index in [0.717, 1.165) is 6.42 Å². The van der Waals surface area contributed by atoms with Crippen LogP contribution in [0, 0.1) is 5.92 Å². The predicted molar refractivity (Wildman–Crippen MR) is 84.4 cm³/mol. The number of rotatable bonds is 6. The molecule has 1 aromatic carbocycles. The molecule has 1 fully saturated rings. The van der Waals surface area contributed by atoms with Crippen LogP contribution in [0.15, 0.2) is 24.3 Å². The van der Waals surface area contributed by atoms with Crippen molar-refractivity contribution in [1.29, 1.82) is 0 Å². The fourth-order valence-electron chi connectivity index (χ4n) is 2.58. The van der Waals surface area contributed by atoms with Crippen LogP contribution in [-0.2, 0) is 9.59 Å². The van der Waals surface area contributed by atoms with Gasteiger partial charge in [0.15, 0.2) is 6.61 Å². The minimum Gasteiger partial charge on any atom is -0.482 e. The number of benzene rings is 1. The predicted octanol–water partition coefficient (Wildman–Crippen LogP) is 2.84. The lowest BCUT2D eigenvalue weighted by atomic mass is 10.0. The summed E-state index contributed by atoms with van der Waals surface area (Å²) in [5.41, 5.74) is 4.75. The summed E-state index contributed by atoms with van der Waals surface area (Å²) in [7, 11) is 0. The van der Waals surface area contributed by atoms with Crippen LogP contribution >= 0.6 is 11.6 Å². The Bertz CT molecular complexity index is 516. The number of halogens is 1. The molecule has 0 atom stereocenters. The molecule has 2 rings (SSSR count). The molecule has 6 heteroatoms. The van der Waals surface area contributed by atoms with Crippen molar-refractivity contribution in [3.63, 3.8) is 0 Å². The van der Waals surface area contributed by atoms with Gasteiger partial charge in [-0.1, -0.05) is 49.4 Å². The van der Waals surface area contributed by atoms with Crippen LogP contribution in [0.3, 0.4) is 0 Å². The molecule has 0 unspecified atom stereocenters. The monoisotopic (exact) mass is 324 g/mol. The summed E-state index contributed by atoms with van der Waals surface area (Å²) in [5, 5.41) is 0.441. The smallest absolute Gasteiger partial charge is 0.276 e. The van der Waals surface area contributed by atoms with Gasteiger partial charge in [-0.25, -0.2) is 0 Å². The molecule has 2 amide bonds. The van der Waals surface area contributed by atoms with Gasteiger partial charge < -0.3 is 4.74 Å². The zero-order valence-electron chi connectivity index (χ0n) is 12.4. The van der Waals surface area contributed by atoms with Crippen molar-refractivity contribution in [3.8, 4) is 5.75 Å². The maximum Gasteiger partial charge on any atom is 0.276 e. The van der Waals surface area contributed by atoms with Crippen molar-refractivity contribution in [2.45, 2.75) is 38.5 Å². The molecule has 1 saturated carbocycles. The molecule has 1 aliphatic rings. The van der Waals surface area contributed by atoms with Crippen LogP contribution in [0.1, 0.15) is 38.5 Å². The lowest BCUT2D eigenvalue weighted by Gasteiger charge is -2.11. The summed E-state index contributed by atoms with van der Waals surface area (Å²) in [6.45, 7) is -0.202. The first-order chi connectivity index (χ1) is 10.6. The first kappa shape index (κ1) is 16.6. The van der Waals surface area contributed by atoms with Gasteiger partial charge in [0.1, 0.15) is 5.75 Å². The van der Waals surface area contributed by atoms with Crippen molar-refractivity contribution in [1.82, 2.24) is 10.9 Å². The number of hydrazine groups is 1. The fraction of sp³-hybridized carbons (Fsp3) is 0.500. The third kappa shape index (κ3) is 5.56. The summed E-state index contributed by atoms with van der Waals surface area (Å²) in [6, 6.07) is 6.90. The normalized spacial score (nSPS) is 14.6. The number of para-hydroxylation sites is 1. The Labute approximate surface area is 135 Å². The SMILES string of the molecule is O=C(CCC1CCCC1)NNC(=O)COc1ccccc1Cl. The molecule has 0 saturated heterocycles. The number of carbonyl (C=O) groups excluding carboxylic acids is 2. The quantitative estimate of drug-likeness (QED) is 0.791. The van der Waals surface area contributed by atoms with Crippen molar-refractivity contribution < 1.29 is 14.3 Å². The largest absolute Gasteiger partial charge is 0.482 e. The van der Waals surface area contributed by atoms with E-state index in [2.05, 4.69) is 10.9 Å². The highest BCUT2D eigenvalue weighted by Gasteiger charge is 2.16. The van der Waals surface area contributed by atoms with Crippen molar-refractivity contribution >= 4 is 23.4 Å². The van der Waals surface area contributed by atoms with E-state index in [1.807, 2.05) is 0 Å². The van der Waals surface area contributed by atoms with Crippen LogP contribution in [0.4, 0.5) is 0 Å². The van der Waals surface area contributed by atoms with Gasteiger partial charge in [0, 0.05) is 6.42 Å². The Kier molecular flexibility index (Phi) is 6.52. The number of amides is 2. The zero-order valence-corrected chi connectivity index (χ0v) is 13.2. The zero-order chi connectivity index (χ0) is 15.8. The summed E-state index contributed by atoms with van der Waals surface area (Å²) < 4.78 is 5.28. The van der Waals surface area contributed by atoms with E-state index in [1.165, 1.54) is 25.7 Å². The highest BCUT2D eigenvalue weighted by molar-refractivity contribution is 6.32. The molecule has 0 heterocycles. The van der Waals surface area contributed by atoms with Crippen LogP contribution in [0.2, 0.25) is 5.02 Å². The van der Waals surface area contributed by atoms with Gasteiger partial charge in [0.2, 0.25) is 5.91 Å². The molecule has 0 spiro atoms. The Morgan fingerprint density at radius 2 is 1.82 bits per heavy atom. The van der Waals surface area contributed by atoms with E-state index in [1.54, 1.807) is 24.3 Å². The molecule has 0 aliphatic heterocycles. The lowest BCUT2D eigenvalue weighted by Crippen LogP contribution is -2.43. The van der Waals surface area contributed by atoms with Gasteiger partial charge in [-0.2, -0.15) is 0 Å². The molecular weight excluding hydrogens is 304 g/mol. The molecule has 0 bridgehead atoms. The second-order valence-corrected chi connectivity index (χ2v) is 5.91. The first-order valence-electron chi connectivity index (χ1n) is 7.60. The molecular formula is C16H21ClN2O3. The minimum absolute atomic E-state index is 0.169.